The van der Waals surface area contributed by atoms with Crippen LogP contribution in [0.15, 0.2) is 0 Å². The second-order valence-electron chi connectivity index (χ2n) is 4.50. The van der Waals surface area contributed by atoms with Crippen LogP contribution in [-0.4, -0.2) is 18.6 Å². The van der Waals surface area contributed by atoms with Crippen molar-refractivity contribution in [2.24, 2.45) is 5.92 Å². The lowest BCUT2D eigenvalue weighted by Crippen LogP contribution is -2.18. The first-order valence-electron chi connectivity index (χ1n) is 6.00. The van der Waals surface area contributed by atoms with Crippen molar-refractivity contribution in [1.29, 1.82) is 0 Å². The summed E-state index contributed by atoms with van der Waals surface area (Å²) >= 11 is 5.68. The fraction of sp³-hybridized carbons (Fsp3) is 1.00. The van der Waals surface area contributed by atoms with E-state index < -0.39 is 0 Å². The maximum Gasteiger partial charge on any atom is 0.0575 e. The lowest BCUT2D eigenvalue weighted by molar-refractivity contribution is 0.0220. The summed E-state index contributed by atoms with van der Waals surface area (Å²) in [6, 6.07) is 0. The van der Waals surface area contributed by atoms with Crippen molar-refractivity contribution in [3.63, 3.8) is 0 Å². The van der Waals surface area contributed by atoms with Gasteiger partial charge in [-0.05, 0) is 31.6 Å². The van der Waals surface area contributed by atoms with Crippen molar-refractivity contribution >= 4 is 11.6 Å². The Balaban J connectivity index is 1.96. The quantitative estimate of drug-likeness (QED) is 0.613. The Morgan fingerprint density at radius 2 is 1.93 bits per heavy atom. The molecule has 84 valence electrons. The van der Waals surface area contributed by atoms with Gasteiger partial charge in [0.2, 0.25) is 0 Å². The largest absolute Gasteiger partial charge is 0.378 e. The van der Waals surface area contributed by atoms with Gasteiger partial charge in [0.25, 0.3) is 0 Å². The first-order valence-corrected chi connectivity index (χ1v) is 6.54. The third-order valence-electron chi connectivity index (χ3n) is 3.12. The Labute approximate surface area is 93.2 Å². The van der Waals surface area contributed by atoms with Gasteiger partial charge in [0.05, 0.1) is 6.10 Å². The predicted molar refractivity (Wildman–Crippen MR) is 61.9 cm³/mol. The van der Waals surface area contributed by atoms with Crippen molar-refractivity contribution in [2.75, 3.05) is 12.5 Å². The van der Waals surface area contributed by atoms with Gasteiger partial charge in [-0.1, -0.05) is 26.2 Å². The molecule has 1 rings (SSSR count). The average Bonchev–Trinajstić information content (AvgIpc) is 2.20. The SMILES string of the molecule is CC(CCCl)CCOC1CCCCC1. The third kappa shape index (κ3) is 5.21. The second-order valence-corrected chi connectivity index (χ2v) is 4.88. The molecule has 0 aromatic heterocycles. The maximum atomic E-state index is 5.86. The second kappa shape index (κ2) is 7.53. The first-order chi connectivity index (χ1) is 6.83. The van der Waals surface area contributed by atoms with Crippen LogP contribution in [0.2, 0.25) is 0 Å². The van der Waals surface area contributed by atoms with Crippen LogP contribution in [0.1, 0.15) is 51.9 Å². The van der Waals surface area contributed by atoms with Crippen LogP contribution in [0.3, 0.4) is 0 Å². The molecule has 0 N–H and O–H groups in total. The first kappa shape index (κ1) is 12.3. The van der Waals surface area contributed by atoms with Crippen LogP contribution in [-0.2, 0) is 4.74 Å². The van der Waals surface area contributed by atoms with Crippen LogP contribution < -0.4 is 0 Å². The molecule has 0 bridgehead atoms. The number of hydrogen-bond donors (Lipinski definition) is 0. The van der Waals surface area contributed by atoms with E-state index in [4.69, 9.17) is 16.3 Å². The minimum Gasteiger partial charge on any atom is -0.378 e. The van der Waals surface area contributed by atoms with E-state index >= 15 is 0 Å². The molecule has 0 aromatic carbocycles. The molecular formula is C12H23ClO. The molecule has 1 fully saturated rings. The summed E-state index contributed by atoms with van der Waals surface area (Å²) in [5, 5.41) is 0. The summed E-state index contributed by atoms with van der Waals surface area (Å²) < 4.78 is 5.86. The lowest BCUT2D eigenvalue weighted by atomic mass is 9.98. The van der Waals surface area contributed by atoms with E-state index in [1.807, 2.05) is 0 Å². The van der Waals surface area contributed by atoms with Gasteiger partial charge >= 0.3 is 0 Å². The molecule has 0 spiro atoms. The van der Waals surface area contributed by atoms with E-state index in [9.17, 15) is 0 Å². The van der Waals surface area contributed by atoms with Crippen molar-refractivity contribution in [1.82, 2.24) is 0 Å². The molecule has 1 saturated carbocycles. The average molecular weight is 219 g/mol. The molecule has 0 radical (unpaired) electrons. The number of hydrogen-bond acceptors (Lipinski definition) is 1. The van der Waals surface area contributed by atoms with E-state index in [-0.39, 0.29) is 0 Å². The van der Waals surface area contributed by atoms with Gasteiger partial charge in [0.1, 0.15) is 0 Å². The van der Waals surface area contributed by atoms with Crippen LogP contribution in [0.5, 0.6) is 0 Å². The van der Waals surface area contributed by atoms with Crippen molar-refractivity contribution in [3.8, 4) is 0 Å². The number of alkyl halides is 1. The monoisotopic (exact) mass is 218 g/mol. The van der Waals surface area contributed by atoms with Gasteiger partial charge in [-0.2, -0.15) is 0 Å². The summed E-state index contributed by atoms with van der Waals surface area (Å²) in [6.45, 7) is 3.19. The molecule has 1 aliphatic rings. The lowest BCUT2D eigenvalue weighted by Gasteiger charge is -2.22. The molecule has 0 heterocycles. The fourth-order valence-electron chi connectivity index (χ4n) is 2.00. The molecule has 14 heavy (non-hydrogen) atoms. The Bertz CT molecular complexity index is 132. The summed E-state index contributed by atoms with van der Waals surface area (Å²) in [6.07, 6.45) is 9.55. The molecular weight excluding hydrogens is 196 g/mol. The van der Waals surface area contributed by atoms with E-state index in [2.05, 4.69) is 6.92 Å². The van der Waals surface area contributed by atoms with E-state index in [0.29, 0.717) is 6.10 Å². The number of rotatable bonds is 6. The van der Waals surface area contributed by atoms with Crippen molar-refractivity contribution in [2.45, 2.75) is 58.0 Å². The van der Waals surface area contributed by atoms with Crippen LogP contribution in [0.4, 0.5) is 0 Å². The summed E-state index contributed by atoms with van der Waals surface area (Å²) in [7, 11) is 0. The van der Waals surface area contributed by atoms with Crippen molar-refractivity contribution < 1.29 is 4.74 Å². The smallest absolute Gasteiger partial charge is 0.0575 e. The summed E-state index contributed by atoms with van der Waals surface area (Å²) in [5.74, 6) is 1.50. The molecule has 0 saturated heterocycles. The zero-order valence-corrected chi connectivity index (χ0v) is 10.1. The molecule has 0 aliphatic heterocycles. The molecule has 1 nitrogen and oxygen atoms in total. The zero-order chi connectivity index (χ0) is 10.2. The Kier molecular flexibility index (Phi) is 6.63. The van der Waals surface area contributed by atoms with Gasteiger partial charge < -0.3 is 4.74 Å². The predicted octanol–water partition coefficient (Wildman–Crippen LogP) is 3.99. The molecule has 0 aromatic rings. The molecule has 0 amide bonds. The zero-order valence-electron chi connectivity index (χ0n) is 9.30. The van der Waals surface area contributed by atoms with Gasteiger partial charge in [0.15, 0.2) is 0 Å². The van der Waals surface area contributed by atoms with E-state index in [1.165, 1.54) is 38.5 Å². The van der Waals surface area contributed by atoms with Gasteiger partial charge in [-0.25, -0.2) is 0 Å². The van der Waals surface area contributed by atoms with E-state index in [0.717, 1.165) is 24.8 Å². The van der Waals surface area contributed by atoms with Gasteiger partial charge in [-0.15, -0.1) is 11.6 Å². The maximum absolute atomic E-state index is 5.86. The highest BCUT2D eigenvalue weighted by molar-refractivity contribution is 6.17. The fourth-order valence-corrected chi connectivity index (χ4v) is 2.37. The Hall–Kier alpha value is 0.250. The molecule has 1 atom stereocenters. The normalized spacial score (nSPS) is 21.0. The highest BCUT2D eigenvalue weighted by atomic mass is 35.5. The molecule has 2 heteroatoms. The Morgan fingerprint density at radius 3 is 2.57 bits per heavy atom. The minimum atomic E-state index is 0.562. The third-order valence-corrected chi connectivity index (χ3v) is 3.34. The van der Waals surface area contributed by atoms with Crippen LogP contribution in [0, 0.1) is 5.92 Å². The molecule has 1 aliphatic carbocycles. The van der Waals surface area contributed by atoms with Crippen LogP contribution >= 0.6 is 11.6 Å². The van der Waals surface area contributed by atoms with Gasteiger partial charge in [-0.3, -0.25) is 0 Å². The number of halogens is 1. The number of ether oxygens (including phenoxy) is 1. The standard InChI is InChI=1S/C12H23ClO/c1-11(7-9-13)8-10-14-12-5-3-2-4-6-12/h11-12H,2-10H2,1H3. The molecule has 1 unspecified atom stereocenters. The van der Waals surface area contributed by atoms with Crippen LogP contribution in [0.25, 0.3) is 0 Å². The highest BCUT2D eigenvalue weighted by Gasteiger charge is 2.13. The van der Waals surface area contributed by atoms with Crippen molar-refractivity contribution in [3.05, 3.63) is 0 Å². The summed E-state index contributed by atoms with van der Waals surface area (Å²) in [4.78, 5) is 0. The highest BCUT2D eigenvalue weighted by Crippen LogP contribution is 2.21. The minimum absolute atomic E-state index is 0.562. The topological polar surface area (TPSA) is 9.23 Å². The van der Waals surface area contributed by atoms with E-state index in [1.54, 1.807) is 0 Å². The van der Waals surface area contributed by atoms with Gasteiger partial charge in [0, 0.05) is 12.5 Å². The summed E-state index contributed by atoms with van der Waals surface area (Å²) in [5.41, 5.74) is 0. The Morgan fingerprint density at radius 1 is 1.21 bits per heavy atom.